The average molecular weight is 336 g/mol. The molecule has 2 N–H and O–H groups in total. The number of rotatable bonds is 6. The minimum Gasteiger partial charge on any atom is -0.460 e. The Bertz CT molecular complexity index is 554. The van der Waals surface area contributed by atoms with Crippen LogP contribution in [0.1, 0.15) is 30.8 Å². The van der Waals surface area contributed by atoms with Crippen molar-refractivity contribution in [1.29, 1.82) is 0 Å². The largest absolute Gasteiger partial charge is 0.460 e. The molecule has 2 aliphatic rings. The molecule has 0 bridgehead atoms. The van der Waals surface area contributed by atoms with E-state index in [2.05, 4.69) is 27.7 Å². The quantitative estimate of drug-likeness (QED) is 0.467. The zero-order valence-electron chi connectivity index (χ0n) is 13.5. The van der Waals surface area contributed by atoms with Crippen LogP contribution >= 0.6 is 12.2 Å². The summed E-state index contributed by atoms with van der Waals surface area (Å²) < 4.78 is 11.1. The molecule has 0 unspecified atom stereocenters. The summed E-state index contributed by atoms with van der Waals surface area (Å²) in [7, 11) is 0. The third-order valence-corrected chi connectivity index (χ3v) is 4.53. The second kappa shape index (κ2) is 7.90. The first-order chi connectivity index (χ1) is 11.2. The van der Waals surface area contributed by atoms with Crippen LogP contribution in [0.4, 0.5) is 0 Å². The maximum atomic E-state index is 5.75. The van der Waals surface area contributed by atoms with Crippen molar-refractivity contribution >= 4 is 23.5 Å². The van der Waals surface area contributed by atoms with Gasteiger partial charge in [-0.2, -0.15) is 5.10 Å². The topological polar surface area (TPSA) is 62.0 Å². The van der Waals surface area contributed by atoms with Crippen molar-refractivity contribution in [3.05, 3.63) is 23.7 Å². The van der Waals surface area contributed by atoms with Crippen molar-refractivity contribution in [1.82, 2.24) is 15.6 Å². The SMILES string of the molecule is C[C@H]1C[C@@H]1c1ccc(/C=N\NC(=S)NCCN2CCOCC2)o1. The van der Waals surface area contributed by atoms with Gasteiger partial charge in [0.25, 0.3) is 0 Å². The molecule has 1 saturated carbocycles. The van der Waals surface area contributed by atoms with E-state index in [0.717, 1.165) is 56.8 Å². The third-order valence-electron chi connectivity index (χ3n) is 4.30. The number of hydrogen-bond donors (Lipinski definition) is 2. The van der Waals surface area contributed by atoms with Gasteiger partial charge in [0.05, 0.1) is 19.4 Å². The number of hydrazone groups is 1. The van der Waals surface area contributed by atoms with Crippen molar-refractivity contribution in [3.63, 3.8) is 0 Å². The van der Waals surface area contributed by atoms with Gasteiger partial charge in [-0.25, -0.2) is 0 Å². The van der Waals surface area contributed by atoms with Crippen LogP contribution in [0.25, 0.3) is 0 Å². The summed E-state index contributed by atoms with van der Waals surface area (Å²) in [6.07, 6.45) is 2.88. The lowest BCUT2D eigenvalue weighted by atomic mass is 10.3. The molecule has 1 aromatic rings. The van der Waals surface area contributed by atoms with Crippen LogP contribution in [0.2, 0.25) is 0 Å². The van der Waals surface area contributed by atoms with Crippen LogP contribution in [0.3, 0.4) is 0 Å². The maximum Gasteiger partial charge on any atom is 0.187 e. The van der Waals surface area contributed by atoms with Crippen LogP contribution in [-0.4, -0.2) is 55.6 Å². The van der Waals surface area contributed by atoms with Gasteiger partial charge in [0.1, 0.15) is 11.5 Å². The van der Waals surface area contributed by atoms with Crippen LogP contribution < -0.4 is 10.7 Å². The molecule has 1 aliphatic heterocycles. The van der Waals surface area contributed by atoms with Gasteiger partial charge in [-0.15, -0.1) is 0 Å². The van der Waals surface area contributed by atoms with Crippen LogP contribution in [-0.2, 0) is 4.74 Å². The van der Waals surface area contributed by atoms with E-state index in [9.17, 15) is 0 Å². The second-order valence-electron chi connectivity index (χ2n) is 6.14. The highest BCUT2D eigenvalue weighted by Gasteiger charge is 2.36. The van der Waals surface area contributed by atoms with Crippen LogP contribution in [0, 0.1) is 5.92 Å². The Morgan fingerprint density at radius 2 is 2.22 bits per heavy atom. The smallest absolute Gasteiger partial charge is 0.187 e. The molecule has 2 atom stereocenters. The predicted octanol–water partition coefficient (Wildman–Crippen LogP) is 1.53. The number of ether oxygens (including phenoxy) is 1. The molecule has 6 nitrogen and oxygen atoms in total. The fourth-order valence-corrected chi connectivity index (χ4v) is 2.86. The lowest BCUT2D eigenvalue weighted by molar-refractivity contribution is 0.0389. The highest BCUT2D eigenvalue weighted by Crippen LogP contribution is 2.47. The number of hydrogen-bond acceptors (Lipinski definition) is 5. The number of nitrogens with zero attached hydrogens (tertiary/aromatic N) is 2. The Hall–Kier alpha value is -1.44. The van der Waals surface area contributed by atoms with Crippen molar-refractivity contribution in [2.24, 2.45) is 11.0 Å². The Morgan fingerprint density at radius 1 is 1.43 bits per heavy atom. The minimum atomic E-state index is 0.525. The standard InChI is InChI=1S/C16H24N4O2S/c1-12-10-14(12)15-3-2-13(22-15)11-18-19-16(23)17-4-5-20-6-8-21-9-7-20/h2-3,11-12,14H,4-10H2,1H3,(H2,17,19,23)/b18-11-/t12-,14-/m0/s1. The molecule has 2 fully saturated rings. The summed E-state index contributed by atoms with van der Waals surface area (Å²) in [5.74, 6) is 3.15. The highest BCUT2D eigenvalue weighted by atomic mass is 32.1. The molecule has 1 aromatic heterocycles. The lowest BCUT2D eigenvalue weighted by Crippen LogP contribution is -2.42. The van der Waals surface area contributed by atoms with Gasteiger partial charge in [0.15, 0.2) is 5.11 Å². The molecule has 23 heavy (non-hydrogen) atoms. The second-order valence-corrected chi connectivity index (χ2v) is 6.55. The first-order valence-electron chi connectivity index (χ1n) is 8.19. The third kappa shape index (κ3) is 5.02. The number of thiocarbonyl (C=S) groups is 1. The summed E-state index contributed by atoms with van der Waals surface area (Å²) >= 11 is 5.20. The molecule has 2 heterocycles. The minimum absolute atomic E-state index is 0.525. The van der Waals surface area contributed by atoms with Gasteiger partial charge in [0, 0.05) is 32.1 Å². The van der Waals surface area contributed by atoms with Crippen molar-refractivity contribution in [3.8, 4) is 0 Å². The summed E-state index contributed by atoms with van der Waals surface area (Å²) in [6.45, 7) is 7.60. The summed E-state index contributed by atoms with van der Waals surface area (Å²) in [6, 6.07) is 3.98. The monoisotopic (exact) mass is 336 g/mol. The van der Waals surface area contributed by atoms with Crippen molar-refractivity contribution in [2.45, 2.75) is 19.3 Å². The van der Waals surface area contributed by atoms with Gasteiger partial charge in [-0.1, -0.05) is 6.92 Å². The van der Waals surface area contributed by atoms with Crippen molar-refractivity contribution < 1.29 is 9.15 Å². The van der Waals surface area contributed by atoms with Gasteiger partial charge in [-0.3, -0.25) is 10.3 Å². The molecule has 0 spiro atoms. The molecule has 1 aliphatic carbocycles. The van der Waals surface area contributed by atoms with E-state index in [-0.39, 0.29) is 0 Å². The van der Waals surface area contributed by atoms with E-state index in [1.54, 1.807) is 6.21 Å². The Balaban J connectivity index is 1.32. The van der Waals surface area contributed by atoms with Crippen LogP contribution in [0.5, 0.6) is 0 Å². The molecule has 1 saturated heterocycles. The molecular formula is C16H24N4O2S. The highest BCUT2D eigenvalue weighted by molar-refractivity contribution is 7.80. The van der Waals surface area contributed by atoms with E-state index < -0.39 is 0 Å². The van der Waals surface area contributed by atoms with E-state index in [1.807, 2.05) is 12.1 Å². The summed E-state index contributed by atoms with van der Waals surface area (Å²) in [5, 5.41) is 7.79. The van der Waals surface area contributed by atoms with E-state index in [0.29, 0.717) is 11.0 Å². The summed E-state index contributed by atoms with van der Waals surface area (Å²) in [4.78, 5) is 2.35. The molecular weight excluding hydrogens is 312 g/mol. The van der Waals surface area contributed by atoms with Gasteiger partial charge in [0.2, 0.25) is 0 Å². The number of nitrogens with one attached hydrogen (secondary N) is 2. The first kappa shape index (κ1) is 16.4. The first-order valence-corrected chi connectivity index (χ1v) is 8.60. The number of furan rings is 1. The van der Waals surface area contributed by atoms with E-state index in [1.165, 1.54) is 6.42 Å². The normalized spacial score (nSPS) is 24.7. The Kier molecular flexibility index (Phi) is 5.64. The fraction of sp³-hybridized carbons (Fsp3) is 0.625. The zero-order valence-corrected chi connectivity index (χ0v) is 14.3. The molecule has 7 heteroatoms. The Morgan fingerprint density at radius 3 is 2.96 bits per heavy atom. The number of morpholine rings is 1. The molecule has 126 valence electrons. The molecule has 0 amide bonds. The van der Waals surface area contributed by atoms with Gasteiger partial charge >= 0.3 is 0 Å². The van der Waals surface area contributed by atoms with Crippen LogP contribution in [0.15, 0.2) is 21.7 Å². The van der Waals surface area contributed by atoms with E-state index >= 15 is 0 Å². The zero-order chi connectivity index (χ0) is 16.1. The molecule has 0 aromatic carbocycles. The van der Waals surface area contributed by atoms with Gasteiger partial charge in [-0.05, 0) is 36.7 Å². The lowest BCUT2D eigenvalue weighted by Gasteiger charge is -2.26. The average Bonchev–Trinajstić information content (AvgIpc) is 3.09. The van der Waals surface area contributed by atoms with E-state index in [4.69, 9.17) is 21.4 Å². The predicted molar refractivity (Wildman–Crippen MR) is 93.8 cm³/mol. The Labute approximate surface area is 142 Å². The summed E-state index contributed by atoms with van der Waals surface area (Å²) in [5.41, 5.74) is 2.82. The van der Waals surface area contributed by atoms with Crippen molar-refractivity contribution in [2.75, 3.05) is 39.4 Å². The molecule has 3 rings (SSSR count). The maximum absolute atomic E-state index is 5.75. The van der Waals surface area contributed by atoms with Gasteiger partial charge < -0.3 is 14.5 Å². The molecule has 0 radical (unpaired) electrons. The fourth-order valence-electron chi connectivity index (χ4n) is 2.70.